The average Bonchev–Trinajstić information content (AvgIpc) is 3.28. The Morgan fingerprint density at radius 1 is 1.25 bits per heavy atom. The summed E-state index contributed by atoms with van der Waals surface area (Å²) < 4.78 is 74.1. The van der Waals surface area contributed by atoms with Gasteiger partial charge >= 0.3 is 6.18 Å². The van der Waals surface area contributed by atoms with Crippen molar-refractivity contribution < 1.29 is 26.1 Å². The highest BCUT2D eigenvalue weighted by Crippen LogP contribution is 2.45. The molecule has 1 saturated carbocycles. The molecule has 1 aliphatic carbocycles. The Labute approximate surface area is 160 Å². The zero-order valence-corrected chi connectivity index (χ0v) is 16.6. The number of aromatic nitrogens is 3. The van der Waals surface area contributed by atoms with Crippen molar-refractivity contribution in [1.29, 1.82) is 0 Å². The molecule has 1 aliphatic rings. The van der Waals surface area contributed by atoms with Crippen LogP contribution in [0.25, 0.3) is 5.69 Å². The van der Waals surface area contributed by atoms with E-state index in [-0.39, 0.29) is 28.4 Å². The summed E-state index contributed by atoms with van der Waals surface area (Å²) >= 11 is 0. The molecule has 1 fully saturated rings. The Balaban J connectivity index is 2.34. The van der Waals surface area contributed by atoms with Crippen LogP contribution in [0.4, 0.5) is 19.1 Å². The van der Waals surface area contributed by atoms with Crippen LogP contribution in [0.1, 0.15) is 55.5 Å². The highest BCUT2D eigenvalue weighted by Gasteiger charge is 2.38. The molecular formula is C17H21F3N4O3S. The van der Waals surface area contributed by atoms with Crippen molar-refractivity contribution in [2.75, 3.05) is 19.0 Å². The molecule has 154 valence electrons. The lowest BCUT2D eigenvalue weighted by Gasteiger charge is -2.20. The number of anilines is 1. The predicted octanol–water partition coefficient (Wildman–Crippen LogP) is 3.60. The van der Waals surface area contributed by atoms with Crippen LogP contribution in [-0.4, -0.2) is 41.8 Å². The molecule has 1 aromatic carbocycles. The SMILES string of the molecule is CC(C)c1cc(C2CC2)c(S(=O)(=O)O)cc1-n1nc(C(F)(F)F)nc1N(C)C. The molecule has 1 N–H and O–H groups in total. The van der Waals surface area contributed by atoms with Crippen molar-refractivity contribution >= 4 is 16.1 Å². The molecule has 1 heterocycles. The first-order valence-corrected chi connectivity index (χ1v) is 10.1. The first kappa shape index (κ1) is 20.6. The van der Waals surface area contributed by atoms with Gasteiger partial charge in [0.1, 0.15) is 0 Å². The second-order valence-corrected chi connectivity index (χ2v) is 8.78. The summed E-state index contributed by atoms with van der Waals surface area (Å²) in [5.41, 5.74) is 1.24. The van der Waals surface area contributed by atoms with E-state index in [4.69, 9.17) is 0 Å². The molecule has 1 aromatic heterocycles. The van der Waals surface area contributed by atoms with Crippen LogP contribution in [0.2, 0.25) is 0 Å². The van der Waals surface area contributed by atoms with E-state index in [0.29, 0.717) is 11.1 Å². The van der Waals surface area contributed by atoms with Crippen molar-refractivity contribution in [2.24, 2.45) is 0 Å². The van der Waals surface area contributed by atoms with Gasteiger partial charge in [-0.3, -0.25) is 4.55 Å². The van der Waals surface area contributed by atoms with Gasteiger partial charge in [0.15, 0.2) is 0 Å². The molecule has 0 bridgehead atoms. The minimum Gasteiger partial charge on any atom is -0.347 e. The highest BCUT2D eigenvalue weighted by molar-refractivity contribution is 7.85. The van der Waals surface area contributed by atoms with E-state index in [0.717, 1.165) is 17.5 Å². The zero-order chi connectivity index (χ0) is 21.0. The largest absolute Gasteiger partial charge is 0.453 e. The predicted molar refractivity (Wildman–Crippen MR) is 96.6 cm³/mol. The van der Waals surface area contributed by atoms with E-state index >= 15 is 0 Å². The molecule has 0 radical (unpaired) electrons. The van der Waals surface area contributed by atoms with Gasteiger partial charge in [-0.15, -0.1) is 5.10 Å². The third kappa shape index (κ3) is 3.86. The zero-order valence-electron chi connectivity index (χ0n) is 15.8. The van der Waals surface area contributed by atoms with Gasteiger partial charge in [-0.05, 0) is 41.9 Å². The number of rotatable bonds is 5. The van der Waals surface area contributed by atoms with E-state index in [1.54, 1.807) is 6.07 Å². The van der Waals surface area contributed by atoms with E-state index in [9.17, 15) is 26.1 Å². The second-order valence-electron chi connectivity index (χ2n) is 7.39. The summed E-state index contributed by atoms with van der Waals surface area (Å²) in [5.74, 6) is -1.55. The Bertz CT molecular complexity index is 1010. The van der Waals surface area contributed by atoms with E-state index in [1.165, 1.54) is 25.1 Å². The number of benzene rings is 1. The smallest absolute Gasteiger partial charge is 0.347 e. The minimum atomic E-state index is -4.76. The number of nitrogens with zero attached hydrogens (tertiary/aromatic N) is 4. The van der Waals surface area contributed by atoms with E-state index in [1.807, 2.05) is 13.8 Å². The van der Waals surface area contributed by atoms with Crippen molar-refractivity contribution in [3.05, 3.63) is 29.1 Å². The van der Waals surface area contributed by atoms with Crippen LogP contribution in [-0.2, 0) is 16.3 Å². The molecule has 0 unspecified atom stereocenters. The lowest BCUT2D eigenvalue weighted by atomic mass is 9.96. The number of alkyl halides is 3. The minimum absolute atomic E-state index is 0.0123. The van der Waals surface area contributed by atoms with Crippen LogP contribution in [0.3, 0.4) is 0 Å². The third-order valence-corrected chi connectivity index (χ3v) is 5.46. The molecule has 0 amide bonds. The van der Waals surface area contributed by atoms with Crippen LogP contribution < -0.4 is 4.90 Å². The summed E-state index contributed by atoms with van der Waals surface area (Å²) in [6.07, 6.45) is -3.17. The van der Waals surface area contributed by atoms with Crippen molar-refractivity contribution in [3.63, 3.8) is 0 Å². The van der Waals surface area contributed by atoms with Crippen LogP contribution in [0.5, 0.6) is 0 Å². The normalized spacial score (nSPS) is 15.3. The number of halogens is 3. The summed E-state index contributed by atoms with van der Waals surface area (Å²) in [5, 5.41) is 3.59. The Morgan fingerprint density at radius 3 is 2.29 bits per heavy atom. The maximum absolute atomic E-state index is 13.2. The van der Waals surface area contributed by atoms with Crippen LogP contribution in [0, 0.1) is 0 Å². The molecule has 0 aliphatic heterocycles. The van der Waals surface area contributed by atoms with Gasteiger partial charge in [-0.2, -0.15) is 31.3 Å². The lowest BCUT2D eigenvalue weighted by Crippen LogP contribution is -2.17. The van der Waals surface area contributed by atoms with Gasteiger partial charge in [-0.25, -0.2) is 0 Å². The average molecular weight is 418 g/mol. The molecule has 11 heteroatoms. The molecular weight excluding hydrogens is 397 g/mol. The molecule has 0 saturated heterocycles. The maximum atomic E-state index is 13.2. The van der Waals surface area contributed by atoms with Gasteiger partial charge in [0.05, 0.1) is 10.6 Å². The van der Waals surface area contributed by atoms with Gasteiger partial charge in [0.25, 0.3) is 15.9 Å². The standard InChI is InChI=1S/C17H21F3N4O3S/c1-9(2)11-7-12(10-5-6-10)14(28(25,26)27)8-13(11)24-16(23(3)4)21-15(22-24)17(18,19)20/h7-10H,5-6H2,1-4H3,(H,25,26,27). The molecule has 0 spiro atoms. The van der Waals surface area contributed by atoms with Crippen molar-refractivity contribution in [2.45, 2.75) is 49.6 Å². The van der Waals surface area contributed by atoms with Crippen LogP contribution in [0.15, 0.2) is 17.0 Å². The lowest BCUT2D eigenvalue weighted by molar-refractivity contribution is -0.144. The second kappa shape index (κ2) is 6.73. The monoisotopic (exact) mass is 418 g/mol. The van der Waals surface area contributed by atoms with Crippen molar-refractivity contribution in [3.8, 4) is 5.69 Å². The summed E-state index contributed by atoms with van der Waals surface area (Å²) in [6.45, 7) is 3.69. The fraction of sp³-hybridized carbons (Fsp3) is 0.529. The number of hydrogen-bond donors (Lipinski definition) is 1. The summed E-state index contributed by atoms with van der Waals surface area (Å²) in [7, 11) is -1.54. The van der Waals surface area contributed by atoms with E-state index < -0.39 is 22.1 Å². The Kier molecular flexibility index (Phi) is 4.95. The van der Waals surface area contributed by atoms with Crippen molar-refractivity contribution in [1.82, 2.24) is 14.8 Å². The summed E-state index contributed by atoms with van der Waals surface area (Å²) in [4.78, 5) is 4.61. The first-order chi connectivity index (χ1) is 12.8. The molecule has 7 nitrogen and oxygen atoms in total. The van der Waals surface area contributed by atoms with Gasteiger partial charge in [-0.1, -0.05) is 19.9 Å². The molecule has 3 rings (SSSR count). The molecule has 0 atom stereocenters. The quantitative estimate of drug-likeness (QED) is 0.747. The Hall–Kier alpha value is -2.14. The summed E-state index contributed by atoms with van der Waals surface area (Å²) in [6, 6.07) is 2.84. The third-order valence-electron chi connectivity index (χ3n) is 4.55. The highest BCUT2D eigenvalue weighted by atomic mass is 32.2. The molecule has 28 heavy (non-hydrogen) atoms. The Morgan fingerprint density at radius 2 is 1.86 bits per heavy atom. The maximum Gasteiger partial charge on any atom is 0.453 e. The van der Waals surface area contributed by atoms with E-state index in [2.05, 4.69) is 10.1 Å². The van der Waals surface area contributed by atoms with Gasteiger partial charge in [0.2, 0.25) is 5.95 Å². The van der Waals surface area contributed by atoms with Crippen LogP contribution >= 0.6 is 0 Å². The fourth-order valence-corrected chi connectivity index (χ4v) is 3.85. The topological polar surface area (TPSA) is 88.3 Å². The fourth-order valence-electron chi connectivity index (χ4n) is 3.06. The number of hydrogen-bond acceptors (Lipinski definition) is 5. The molecule has 2 aromatic rings. The van der Waals surface area contributed by atoms with Gasteiger partial charge < -0.3 is 4.90 Å². The first-order valence-electron chi connectivity index (χ1n) is 8.68. The van der Waals surface area contributed by atoms with Gasteiger partial charge in [0, 0.05) is 14.1 Å².